The third-order valence-electron chi connectivity index (χ3n) is 5.32. The fourth-order valence-electron chi connectivity index (χ4n) is 3.55. The quantitative estimate of drug-likeness (QED) is 0.651. The van der Waals surface area contributed by atoms with Crippen LogP contribution in [-0.4, -0.2) is 63.2 Å². The molecule has 0 heterocycles. The Hall–Kier alpha value is -2.01. The summed E-state index contributed by atoms with van der Waals surface area (Å²) in [7, 11) is 7.32. The van der Waals surface area contributed by atoms with Gasteiger partial charge < -0.3 is 19.3 Å². The van der Waals surface area contributed by atoms with Crippen LogP contribution < -0.4 is 9.47 Å². The van der Waals surface area contributed by atoms with Crippen molar-refractivity contribution in [3.63, 3.8) is 0 Å². The van der Waals surface area contributed by atoms with Crippen LogP contribution in [0.3, 0.4) is 0 Å². The van der Waals surface area contributed by atoms with Crippen molar-refractivity contribution in [3.05, 3.63) is 29.8 Å². The van der Waals surface area contributed by atoms with E-state index in [-0.39, 0.29) is 5.91 Å². The van der Waals surface area contributed by atoms with Gasteiger partial charge in [0.25, 0.3) is 0 Å². The number of hydrogen-bond donors (Lipinski definition) is 0. The highest BCUT2D eigenvalue weighted by atomic mass is 16.5. The average Bonchev–Trinajstić information content (AvgIpc) is 2.67. The number of ether oxygens (including phenoxy) is 2. The first kappa shape index (κ1) is 21.3. The Morgan fingerprint density at radius 2 is 1.74 bits per heavy atom. The molecule has 0 N–H and O–H groups in total. The molecular weight excluding hydrogens is 340 g/mol. The number of nitrogens with zero attached hydrogens (tertiary/aromatic N) is 2. The molecule has 1 aliphatic carbocycles. The van der Waals surface area contributed by atoms with Gasteiger partial charge in [-0.25, -0.2) is 0 Å². The van der Waals surface area contributed by atoms with Gasteiger partial charge in [0.05, 0.1) is 14.2 Å². The number of amides is 1. The second-order valence-electron chi connectivity index (χ2n) is 7.70. The van der Waals surface area contributed by atoms with Gasteiger partial charge in [0.2, 0.25) is 5.91 Å². The van der Waals surface area contributed by atoms with Gasteiger partial charge in [-0.15, -0.1) is 0 Å². The van der Waals surface area contributed by atoms with Crippen LogP contribution in [0.15, 0.2) is 24.3 Å². The lowest BCUT2D eigenvalue weighted by Crippen LogP contribution is -2.44. The number of benzene rings is 1. The molecule has 0 aliphatic heterocycles. The number of methoxy groups -OCH3 is 2. The summed E-state index contributed by atoms with van der Waals surface area (Å²) in [4.78, 5) is 17.1. The minimum atomic E-state index is 0.0891. The summed E-state index contributed by atoms with van der Waals surface area (Å²) in [5.74, 6) is 2.21. The molecule has 0 saturated heterocycles. The van der Waals surface area contributed by atoms with Gasteiger partial charge in [-0.1, -0.05) is 13.0 Å². The van der Waals surface area contributed by atoms with E-state index in [2.05, 4.69) is 16.7 Å². The van der Waals surface area contributed by atoms with Crippen molar-refractivity contribution < 1.29 is 14.3 Å². The molecule has 5 heteroatoms. The van der Waals surface area contributed by atoms with Gasteiger partial charge in [-0.3, -0.25) is 4.79 Å². The molecule has 1 aromatic rings. The molecule has 0 atom stereocenters. The molecule has 0 unspecified atom stereocenters. The highest BCUT2D eigenvalue weighted by Crippen LogP contribution is 2.29. The maximum absolute atomic E-state index is 13.0. The molecule has 1 aromatic carbocycles. The first-order valence-electron chi connectivity index (χ1n) is 9.80. The van der Waals surface area contributed by atoms with E-state index in [1.807, 2.05) is 38.4 Å². The molecule has 150 valence electrons. The Balaban J connectivity index is 2.10. The maximum atomic E-state index is 13.0. The fourth-order valence-corrected chi connectivity index (χ4v) is 3.55. The van der Waals surface area contributed by atoms with Crippen LogP contribution in [0.2, 0.25) is 0 Å². The monoisotopic (exact) mass is 374 g/mol. The smallest absolute Gasteiger partial charge is 0.246 e. The first-order valence-corrected chi connectivity index (χ1v) is 9.80. The number of hydrogen-bond acceptors (Lipinski definition) is 4. The lowest BCUT2D eigenvalue weighted by Gasteiger charge is -2.36. The van der Waals surface area contributed by atoms with Crippen molar-refractivity contribution >= 4 is 12.0 Å². The summed E-state index contributed by atoms with van der Waals surface area (Å²) >= 11 is 0. The zero-order valence-electron chi connectivity index (χ0n) is 17.4. The van der Waals surface area contributed by atoms with E-state index in [4.69, 9.17) is 9.47 Å². The molecule has 1 aliphatic rings. The summed E-state index contributed by atoms with van der Waals surface area (Å²) in [6.07, 6.45) is 8.16. The zero-order chi connectivity index (χ0) is 19.8. The van der Waals surface area contributed by atoms with E-state index in [0.717, 1.165) is 37.4 Å². The Morgan fingerprint density at radius 3 is 2.33 bits per heavy atom. The van der Waals surface area contributed by atoms with E-state index < -0.39 is 0 Å². The van der Waals surface area contributed by atoms with E-state index >= 15 is 0 Å². The van der Waals surface area contributed by atoms with Crippen molar-refractivity contribution in [2.24, 2.45) is 5.92 Å². The normalized spacial score (nSPS) is 20.1. The molecule has 0 bridgehead atoms. The predicted molar refractivity (Wildman–Crippen MR) is 110 cm³/mol. The third kappa shape index (κ3) is 6.28. The van der Waals surface area contributed by atoms with Gasteiger partial charge in [0, 0.05) is 25.2 Å². The second-order valence-corrected chi connectivity index (χ2v) is 7.70. The lowest BCUT2D eigenvalue weighted by molar-refractivity contribution is -0.129. The molecule has 1 saturated carbocycles. The molecule has 2 rings (SSSR count). The number of rotatable bonds is 8. The van der Waals surface area contributed by atoms with Crippen molar-refractivity contribution in [1.82, 2.24) is 9.80 Å². The fraction of sp³-hybridized carbons (Fsp3) is 0.591. The Bertz CT molecular complexity index is 634. The van der Waals surface area contributed by atoms with E-state index in [9.17, 15) is 4.79 Å². The maximum Gasteiger partial charge on any atom is 0.246 e. The summed E-state index contributed by atoms with van der Waals surface area (Å²) < 4.78 is 10.6. The lowest BCUT2D eigenvalue weighted by atomic mass is 9.86. The summed E-state index contributed by atoms with van der Waals surface area (Å²) in [5, 5.41) is 0. The summed E-state index contributed by atoms with van der Waals surface area (Å²) in [5.41, 5.74) is 0.922. The number of carbonyl (C=O) groups is 1. The van der Waals surface area contributed by atoms with Crippen LogP contribution in [0.1, 0.15) is 38.2 Å². The number of carbonyl (C=O) groups excluding carboxylic acids is 1. The summed E-state index contributed by atoms with van der Waals surface area (Å²) in [6.45, 7) is 3.95. The Labute approximate surface area is 163 Å². The van der Waals surface area contributed by atoms with Gasteiger partial charge in [-0.2, -0.15) is 0 Å². The number of likely N-dealkylation sites (N-methyl/N-ethyl adjacent to an activating group) is 1. The molecule has 0 radical (unpaired) electrons. The molecule has 0 spiro atoms. The van der Waals surface area contributed by atoms with Gasteiger partial charge >= 0.3 is 0 Å². The van der Waals surface area contributed by atoms with Gasteiger partial charge in [-0.05, 0) is 69.5 Å². The summed E-state index contributed by atoms with van der Waals surface area (Å²) in [6, 6.07) is 6.02. The van der Waals surface area contributed by atoms with Gasteiger partial charge in [0.1, 0.15) is 0 Å². The van der Waals surface area contributed by atoms with Crippen molar-refractivity contribution in [1.29, 1.82) is 0 Å². The molecule has 0 aromatic heterocycles. The average molecular weight is 375 g/mol. The highest BCUT2D eigenvalue weighted by Gasteiger charge is 2.26. The van der Waals surface area contributed by atoms with Crippen LogP contribution >= 0.6 is 0 Å². The second kappa shape index (κ2) is 10.4. The molecule has 1 fully saturated rings. The van der Waals surface area contributed by atoms with Crippen LogP contribution in [0.5, 0.6) is 11.5 Å². The Morgan fingerprint density at radius 1 is 1.07 bits per heavy atom. The SMILES string of the molecule is COc1ccc(/C=C/C(=O)N(CCN(C)C)C2CCC(C)CC2)cc1OC. The van der Waals surface area contributed by atoms with Crippen LogP contribution in [0.4, 0.5) is 0 Å². The minimum absolute atomic E-state index is 0.0891. The van der Waals surface area contributed by atoms with Crippen molar-refractivity contribution in [3.8, 4) is 11.5 Å². The van der Waals surface area contributed by atoms with Crippen LogP contribution in [0.25, 0.3) is 6.08 Å². The van der Waals surface area contributed by atoms with E-state index in [1.165, 1.54) is 12.8 Å². The highest BCUT2D eigenvalue weighted by molar-refractivity contribution is 5.92. The van der Waals surface area contributed by atoms with Crippen LogP contribution in [-0.2, 0) is 4.79 Å². The topological polar surface area (TPSA) is 42.0 Å². The van der Waals surface area contributed by atoms with Gasteiger partial charge in [0.15, 0.2) is 11.5 Å². The minimum Gasteiger partial charge on any atom is -0.493 e. The molecule has 5 nitrogen and oxygen atoms in total. The zero-order valence-corrected chi connectivity index (χ0v) is 17.4. The van der Waals surface area contributed by atoms with E-state index in [1.54, 1.807) is 20.3 Å². The first-order chi connectivity index (χ1) is 12.9. The predicted octanol–water partition coefficient (Wildman–Crippen LogP) is 3.69. The molecule has 1 amide bonds. The standard InChI is InChI=1S/C22H34N2O3/c1-17-6-10-19(11-7-17)24(15-14-23(2)3)22(25)13-9-18-8-12-20(26-4)21(16-18)27-5/h8-9,12-13,16-17,19H,6-7,10-11,14-15H2,1-5H3/b13-9+. The van der Waals surface area contributed by atoms with Crippen molar-refractivity contribution in [2.45, 2.75) is 38.6 Å². The third-order valence-corrected chi connectivity index (χ3v) is 5.32. The van der Waals surface area contributed by atoms with Crippen molar-refractivity contribution in [2.75, 3.05) is 41.4 Å². The largest absolute Gasteiger partial charge is 0.493 e. The van der Waals surface area contributed by atoms with Crippen LogP contribution in [0, 0.1) is 5.92 Å². The molecular formula is C22H34N2O3. The molecule has 27 heavy (non-hydrogen) atoms. The Kier molecular flexibility index (Phi) is 8.17. The van der Waals surface area contributed by atoms with E-state index in [0.29, 0.717) is 17.5 Å².